The molecule has 94 valence electrons. The van der Waals surface area contributed by atoms with Crippen LogP contribution in [0.3, 0.4) is 0 Å². The Morgan fingerprint density at radius 3 is 2.62 bits per heavy atom. The lowest BCUT2D eigenvalue weighted by Crippen LogP contribution is -2.54. The third kappa shape index (κ3) is 3.19. The summed E-state index contributed by atoms with van der Waals surface area (Å²) in [6.45, 7) is 7.48. The minimum atomic E-state index is -0.107. The molecule has 0 radical (unpaired) electrons. The zero-order valence-electron chi connectivity index (χ0n) is 10.6. The zero-order chi connectivity index (χ0) is 11.6. The lowest BCUT2D eigenvalue weighted by atomic mass is 10.0. The maximum Gasteiger partial charge on any atom is 0.0940 e. The van der Waals surface area contributed by atoms with Gasteiger partial charge in [-0.2, -0.15) is 0 Å². The van der Waals surface area contributed by atoms with E-state index in [0.29, 0.717) is 0 Å². The van der Waals surface area contributed by atoms with E-state index in [4.69, 9.17) is 4.74 Å². The van der Waals surface area contributed by atoms with Crippen molar-refractivity contribution in [2.75, 3.05) is 26.2 Å². The van der Waals surface area contributed by atoms with Crippen LogP contribution in [-0.2, 0) is 4.74 Å². The SMILES string of the molecule is CC1(C)CN(CC2CCCC2)CC(CO)O1. The molecule has 3 nitrogen and oxygen atoms in total. The van der Waals surface area contributed by atoms with Crippen LogP contribution in [0.15, 0.2) is 0 Å². The van der Waals surface area contributed by atoms with Crippen LogP contribution in [-0.4, -0.2) is 48.0 Å². The molecule has 1 saturated heterocycles. The van der Waals surface area contributed by atoms with E-state index >= 15 is 0 Å². The van der Waals surface area contributed by atoms with Crippen molar-refractivity contribution in [1.82, 2.24) is 4.90 Å². The Labute approximate surface area is 98.8 Å². The second kappa shape index (κ2) is 5.03. The standard InChI is InChI=1S/C13H25NO2/c1-13(2)10-14(8-12(9-15)16-13)7-11-5-3-4-6-11/h11-12,15H,3-10H2,1-2H3. The van der Waals surface area contributed by atoms with E-state index in [9.17, 15) is 5.11 Å². The molecule has 1 aliphatic heterocycles. The number of ether oxygens (including phenoxy) is 1. The summed E-state index contributed by atoms with van der Waals surface area (Å²) < 4.78 is 5.83. The van der Waals surface area contributed by atoms with E-state index in [-0.39, 0.29) is 18.3 Å². The van der Waals surface area contributed by atoms with Gasteiger partial charge in [-0.25, -0.2) is 0 Å². The largest absolute Gasteiger partial charge is 0.394 e. The molecule has 2 fully saturated rings. The highest BCUT2D eigenvalue weighted by atomic mass is 16.5. The summed E-state index contributed by atoms with van der Waals surface area (Å²) in [4.78, 5) is 2.49. The van der Waals surface area contributed by atoms with E-state index in [1.54, 1.807) is 0 Å². The number of nitrogens with zero attached hydrogens (tertiary/aromatic N) is 1. The second-order valence-corrected chi connectivity index (χ2v) is 6.03. The van der Waals surface area contributed by atoms with Crippen molar-refractivity contribution in [3.05, 3.63) is 0 Å². The summed E-state index contributed by atoms with van der Waals surface area (Å²) >= 11 is 0. The van der Waals surface area contributed by atoms with Crippen molar-refractivity contribution in [2.45, 2.75) is 51.2 Å². The van der Waals surface area contributed by atoms with Crippen LogP contribution >= 0.6 is 0 Å². The molecule has 0 amide bonds. The van der Waals surface area contributed by atoms with E-state index in [0.717, 1.165) is 19.0 Å². The molecule has 3 heteroatoms. The average Bonchev–Trinajstić information content (AvgIpc) is 2.67. The number of morpholine rings is 1. The Hall–Kier alpha value is -0.120. The molecule has 0 aromatic carbocycles. The lowest BCUT2D eigenvalue weighted by Gasteiger charge is -2.43. The molecule has 0 aromatic heterocycles. The first kappa shape index (κ1) is 12.3. The molecule has 0 aromatic rings. The minimum Gasteiger partial charge on any atom is -0.394 e. The first-order valence-electron chi connectivity index (χ1n) is 6.60. The summed E-state index contributed by atoms with van der Waals surface area (Å²) in [7, 11) is 0. The molecule has 1 unspecified atom stereocenters. The molecule has 16 heavy (non-hydrogen) atoms. The third-order valence-corrected chi connectivity index (χ3v) is 3.75. The number of aliphatic hydroxyl groups excluding tert-OH is 1. The Morgan fingerprint density at radius 1 is 1.31 bits per heavy atom. The van der Waals surface area contributed by atoms with Crippen molar-refractivity contribution >= 4 is 0 Å². The molecular weight excluding hydrogens is 202 g/mol. The van der Waals surface area contributed by atoms with Gasteiger partial charge in [-0.15, -0.1) is 0 Å². The van der Waals surface area contributed by atoms with Gasteiger partial charge in [0.05, 0.1) is 18.3 Å². The summed E-state index contributed by atoms with van der Waals surface area (Å²) in [6, 6.07) is 0. The van der Waals surface area contributed by atoms with Gasteiger partial charge in [-0.05, 0) is 32.6 Å². The molecule has 2 rings (SSSR count). The Kier molecular flexibility index (Phi) is 3.88. The van der Waals surface area contributed by atoms with Gasteiger partial charge >= 0.3 is 0 Å². The predicted molar refractivity (Wildman–Crippen MR) is 64.4 cm³/mol. The third-order valence-electron chi connectivity index (χ3n) is 3.75. The highest BCUT2D eigenvalue weighted by Gasteiger charge is 2.34. The van der Waals surface area contributed by atoms with Crippen molar-refractivity contribution in [3.8, 4) is 0 Å². The van der Waals surface area contributed by atoms with Crippen LogP contribution in [0.25, 0.3) is 0 Å². The van der Waals surface area contributed by atoms with Gasteiger partial charge in [0, 0.05) is 19.6 Å². The maximum absolute atomic E-state index is 9.25. The summed E-state index contributed by atoms with van der Waals surface area (Å²) in [5.41, 5.74) is -0.107. The highest BCUT2D eigenvalue weighted by molar-refractivity contribution is 4.85. The van der Waals surface area contributed by atoms with Gasteiger partial charge in [0.25, 0.3) is 0 Å². The quantitative estimate of drug-likeness (QED) is 0.795. The predicted octanol–water partition coefficient (Wildman–Crippen LogP) is 1.65. The summed E-state index contributed by atoms with van der Waals surface area (Å²) in [5.74, 6) is 0.883. The fourth-order valence-corrected chi connectivity index (χ4v) is 3.21. The molecule has 1 saturated carbocycles. The topological polar surface area (TPSA) is 32.7 Å². The molecule has 1 heterocycles. The second-order valence-electron chi connectivity index (χ2n) is 6.03. The van der Waals surface area contributed by atoms with Crippen molar-refractivity contribution in [2.24, 2.45) is 5.92 Å². The van der Waals surface area contributed by atoms with Crippen LogP contribution in [0.2, 0.25) is 0 Å². The smallest absolute Gasteiger partial charge is 0.0940 e. The Balaban J connectivity index is 1.87. The van der Waals surface area contributed by atoms with E-state index in [1.807, 2.05) is 0 Å². The monoisotopic (exact) mass is 227 g/mol. The molecule has 1 atom stereocenters. The fraction of sp³-hybridized carbons (Fsp3) is 1.00. The molecule has 1 N–H and O–H groups in total. The van der Waals surface area contributed by atoms with Crippen LogP contribution in [0, 0.1) is 5.92 Å². The molecule has 1 aliphatic carbocycles. The van der Waals surface area contributed by atoms with Crippen LogP contribution < -0.4 is 0 Å². The summed E-state index contributed by atoms with van der Waals surface area (Å²) in [6.07, 6.45) is 5.59. The first-order valence-corrected chi connectivity index (χ1v) is 6.60. The maximum atomic E-state index is 9.25. The number of aliphatic hydroxyl groups is 1. The first-order chi connectivity index (χ1) is 7.59. The molecule has 0 spiro atoms. The van der Waals surface area contributed by atoms with Gasteiger partial charge in [0.1, 0.15) is 0 Å². The average molecular weight is 227 g/mol. The molecule has 0 bridgehead atoms. The Bertz CT molecular complexity index is 224. The lowest BCUT2D eigenvalue weighted by molar-refractivity contribution is -0.150. The van der Waals surface area contributed by atoms with Gasteiger partial charge in [0.2, 0.25) is 0 Å². The molecule has 2 aliphatic rings. The van der Waals surface area contributed by atoms with Crippen molar-refractivity contribution in [3.63, 3.8) is 0 Å². The minimum absolute atomic E-state index is 0.00477. The van der Waals surface area contributed by atoms with Gasteiger partial charge in [-0.1, -0.05) is 12.8 Å². The Morgan fingerprint density at radius 2 is 2.00 bits per heavy atom. The van der Waals surface area contributed by atoms with Crippen molar-refractivity contribution < 1.29 is 9.84 Å². The normalized spacial score (nSPS) is 32.1. The van der Waals surface area contributed by atoms with Gasteiger partial charge < -0.3 is 9.84 Å². The zero-order valence-corrected chi connectivity index (χ0v) is 10.6. The molecular formula is C13H25NO2. The number of rotatable bonds is 3. The van der Waals surface area contributed by atoms with Gasteiger partial charge in [0.15, 0.2) is 0 Å². The van der Waals surface area contributed by atoms with E-state index < -0.39 is 0 Å². The van der Waals surface area contributed by atoms with E-state index in [2.05, 4.69) is 18.7 Å². The summed E-state index contributed by atoms with van der Waals surface area (Å²) in [5, 5.41) is 9.25. The van der Waals surface area contributed by atoms with Crippen LogP contribution in [0.4, 0.5) is 0 Å². The fourth-order valence-electron chi connectivity index (χ4n) is 3.21. The van der Waals surface area contributed by atoms with Crippen molar-refractivity contribution in [1.29, 1.82) is 0 Å². The number of hydrogen-bond donors (Lipinski definition) is 1. The van der Waals surface area contributed by atoms with Gasteiger partial charge in [-0.3, -0.25) is 4.90 Å². The number of hydrogen-bond acceptors (Lipinski definition) is 3. The highest BCUT2D eigenvalue weighted by Crippen LogP contribution is 2.28. The van der Waals surface area contributed by atoms with Crippen LogP contribution in [0.1, 0.15) is 39.5 Å². The van der Waals surface area contributed by atoms with E-state index in [1.165, 1.54) is 32.2 Å². The van der Waals surface area contributed by atoms with Crippen LogP contribution in [0.5, 0.6) is 0 Å².